The van der Waals surface area contributed by atoms with Gasteiger partial charge in [-0.2, -0.15) is 0 Å². The average molecular weight is 1330 g/mol. The summed E-state index contributed by atoms with van der Waals surface area (Å²) in [6.07, 6.45) is 4.73. The molecule has 12 aromatic rings. The average Bonchev–Trinajstić information content (AvgIpc) is 0.829. The lowest BCUT2D eigenvalue weighted by Gasteiger charge is -2.45. The van der Waals surface area contributed by atoms with E-state index in [0.717, 1.165) is 17.1 Å². The van der Waals surface area contributed by atoms with E-state index in [9.17, 15) is 0 Å². The Kier molecular flexibility index (Phi) is 15.3. The van der Waals surface area contributed by atoms with Gasteiger partial charge in [0.25, 0.3) is 6.71 Å². The van der Waals surface area contributed by atoms with Crippen LogP contribution in [0, 0.1) is 0 Å². The van der Waals surface area contributed by atoms with Crippen molar-refractivity contribution in [2.75, 3.05) is 9.80 Å². The van der Waals surface area contributed by atoms with E-state index in [1.54, 1.807) is 0 Å². The van der Waals surface area contributed by atoms with Gasteiger partial charge >= 0.3 is 0 Å². The van der Waals surface area contributed by atoms with E-state index >= 15 is 0 Å². The Morgan fingerprint density at radius 2 is 0.588 bits per heavy atom. The van der Waals surface area contributed by atoms with E-state index in [1.807, 2.05) is 0 Å². The monoisotopic (exact) mass is 1330 g/mol. The molecule has 0 unspecified atom stereocenters. The van der Waals surface area contributed by atoms with Crippen molar-refractivity contribution in [3.05, 3.63) is 263 Å². The molecule has 4 heteroatoms. The summed E-state index contributed by atoms with van der Waals surface area (Å²) in [4.78, 5) is 5.27. The topological polar surface area (TPSA) is 11.4 Å². The molecule has 0 spiro atoms. The SMILES string of the molecule is CC(C)(C)c1cc(-c2ccc3c(c2)B2c4cc(-c5cc(C(C)(C)C)cc(C(C)(C)C)c5)ccc4N(c4ccc(-c5ccc6c(c5)C(C)(C)CCC6(C)C)cc4)c4cc(-n5c6ccccc6c6ccccc65)cc(c42)N3c2ccc(-c3ccc4c(c3)C(C)(C)CCC4(C)C)cc2)cc(C(C)(C)C)c1. The number of hydrogen-bond donors (Lipinski definition) is 0. The number of nitrogens with zero attached hydrogens (tertiary/aromatic N) is 3. The first-order chi connectivity index (χ1) is 48.0. The van der Waals surface area contributed by atoms with Crippen LogP contribution in [0.25, 0.3) is 72.0 Å². The van der Waals surface area contributed by atoms with Gasteiger partial charge in [-0.25, -0.2) is 0 Å². The molecule has 0 saturated heterocycles. The number of hydrogen-bond acceptors (Lipinski definition) is 2. The van der Waals surface area contributed by atoms with Crippen LogP contribution < -0.4 is 26.2 Å². The number of aromatic nitrogens is 1. The maximum Gasteiger partial charge on any atom is 0.252 e. The standard InChI is InChI=1S/C98H104BN3/c1-91(2,3)69-49-67(50-70(57-69)92(4,5)6)65-35-43-86-82(55-65)99-83-56-66(68-51-71(93(7,8)9)58-72(52-68)94(10,11)12)36-44-87(83)101(74-39-31-62(32-40-74)64-34-42-79-81(54-64)98(19,20)48-46-96(79,15)16)89-60-75(102-84-27-23-21-25-76(84)77-26-22-24-28-85(77)102)59-88(90(89)99)100(86)73-37-29-61(30-38-73)63-33-41-78-80(53-63)97(17,18)47-45-95(78,13)14/h21-44,49-60H,45-48H2,1-20H3. The maximum atomic E-state index is 2.64. The fourth-order valence-corrected chi connectivity index (χ4v) is 17.7. The van der Waals surface area contributed by atoms with Crippen LogP contribution in [0.1, 0.15) is 209 Å². The molecule has 102 heavy (non-hydrogen) atoms. The normalized spacial score (nSPS) is 16.5. The van der Waals surface area contributed by atoms with Gasteiger partial charge in [-0.05, 0) is 235 Å². The third kappa shape index (κ3) is 11.3. The molecule has 0 saturated carbocycles. The summed E-state index contributed by atoms with van der Waals surface area (Å²) < 4.78 is 2.54. The summed E-state index contributed by atoms with van der Waals surface area (Å²) in [5, 5.41) is 2.48. The molecule has 4 aliphatic rings. The van der Waals surface area contributed by atoms with E-state index in [0.29, 0.717) is 0 Å². The van der Waals surface area contributed by atoms with Crippen molar-refractivity contribution in [2.45, 2.75) is 207 Å². The molecule has 2 aliphatic carbocycles. The lowest BCUT2D eigenvalue weighted by Crippen LogP contribution is -2.61. The van der Waals surface area contributed by atoms with Crippen LogP contribution in [0.4, 0.5) is 34.1 Å². The summed E-state index contributed by atoms with van der Waals surface area (Å²) in [7, 11) is 0. The van der Waals surface area contributed by atoms with Crippen LogP contribution in [0.5, 0.6) is 0 Å². The Bertz CT molecular complexity index is 4990. The molecule has 1 aromatic heterocycles. The summed E-state index contributed by atoms with van der Waals surface area (Å²) in [6.45, 7) is 47.7. The second kappa shape index (κ2) is 23.2. The number of para-hydroxylation sites is 2. The first kappa shape index (κ1) is 67.4. The third-order valence-electron chi connectivity index (χ3n) is 24.5. The molecule has 16 rings (SSSR count). The van der Waals surface area contributed by atoms with Crippen molar-refractivity contribution >= 4 is 79.0 Å². The van der Waals surface area contributed by atoms with Gasteiger partial charge in [0.1, 0.15) is 0 Å². The number of benzene rings is 11. The zero-order chi connectivity index (χ0) is 71.9. The van der Waals surface area contributed by atoms with Gasteiger partial charge in [0.15, 0.2) is 0 Å². The first-order valence-electron chi connectivity index (χ1n) is 37.9. The van der Waals surface area contributed by atoms with Gasteiger partial charge in [0, 0.05) is 44.9 Å². The van der Waals surface area contributed by atoms with E-state index in [1.165, 1.54) is 176 Å². The predicted molar refractivity (Wildman–Crippen MR) is 442 cm³/mol. The third-order valence-corrected chi connectivity index (χ3v) is 24.5. The number of anilines is 6. The summed E-state index contributed by atoms with van der Waals surface area (Å²) in [5.41, 5.74) is 35.8. The van der Waals surface area contributed by atoms with Gasteiger partial charge in [-0.15, -0.1) is 0 Å². The van der Waals surface area contributed by atoms with Crippen LogP contribution in [0.3, 0.4) is 0 Å². The minimum absolute atomic E-state index is 0.0623. The smallest absolute Gasteiger partial charge is 0.252 e. The molecular weight excluding hydrogens is 1230 g/mol. The highest BCUT2D eigenvalue weighted by molar-refractivity contribution is 7.00. The maximum absolute atomic E-state index is 2.64. The van der Waals surface area contributed by atoms with Crippen LogP contribution in [-0.2, 0) is 43.3 Å². The van der Waals surface area contributed by atoms with Crippen LogP contribution >= 0.6 is 0 Å². The first-order valence-corrected chi connectivity index (χ1v) is 37.9. The Labute approximate surface area is 610 Å². The van der Waals surface area contributed by atoms with Gasteiger partial charge in [-0.1, -0.05) is 296 Å². The Morgan fingerprint density at radius 3 is 0.941 bits per heavy atom. The zero-order valence-electron chi connectivity index (χ0n) is 64.5. The highest BCUT2D eigenvalue weighted by Crippen LogP contribution is 2.52. The van der Waals surface area contributed by atoms with E-state index in [-0.39, 0.29) is 50.0 Å². The lowest BCUT2D eigenvalue weighted by atomic mass is 9.33. The van der Waals surface area contributed by atoms with Crippen molar-refractivity contribution < 1.29 is 0 Å². The number of fused-ring (bicyclic) bond motifs is 9. The fraction of sp³-hybridized carbons (Fsp3) is 0.327. The predicted octanol–water partition coefficient (Wildman–Crippen LogP) is 25.4. The van der Waals surface area contributed by atoms with Gasteiger partial charge in [-0.3, -0.25) is 0 Å². The molecule has 11 aromatic carbocycles. The minimum atomic E-state index is -0.176. The van der Waals surface area contributed by atoms with Crippen LogP contribution in [0.15, 0.2) is 218 Å². The Hall–Kier alpha value is -9.12. The molecule has 0 bridgehead atoms. The van der Waals surface area contributed by atoms with Crippen molar-refractivity contribution in [2.24, 2.45) is 0 Å². The molecule has 0 N–H and O–H groups in total. The van der Waals surface area contributed by atoms with Crippen molar-refractivity contribution in [1.29, 1.82) is 0 Å². The number of rotatable bonds is 7. The second-order valence-electron chi connectivity index (χ2n) is 37.7. The van der Waals surface area contributed by atoms with E-state index < -0.39 is 0 Å². The Morgan fingerprint density at radius 1 is 0.275 bits per heavy atom. The molecule has 2 aliphatic heterocycles. The minimum Gasteiger partial charge on any atom is -0.311 e. The molecule has 514 valence electrons. The van der Waals surface area contributed by atoms with Gasteiger partial charge in [0.2, 0.25) is 0 Å². The largest absolute Gasteiger partial charge is 0.311 e. The molecule has 3 heterocycles. The van der Waals surface area contributed by atoms with Gasteiger partial charge < -0.3 is 14.4 Å². The molecule has 0 radical (unpaired) electrons. The van der Waals surface area contributed by atoms with Crippen molar-refractivity contribution in [3.63, 3.8) is 0 Å². The zero-order valence-corrected chi connectivity index (χ0v) is 64.5. The van der Waals surface area contributed by atoms with Crippen LogP contribution in [0.2, 0.25) is 0 Å². The molecule has 3 nitrogen and oxygen atoms in total. The summed E-state index contributed by atoms with van der Waals surface area (Å²) in [6, 6.07) is 86.9. The molecule has 0 fully saturated rings. The highest BCUT2D eigenvalue weighted by atomic mass is 15.2. The van der Waals surface area contributed by atoms with Crippen molar-refractivity contribution in [3.8, 4) is 50.2 Å². The molecule has 0 atom stereocenters. The summed E-state index contributed by atoms with van der Waals surface area (Å²) in [5.74, 6) is 0. The van der Waals surface area contributed by atoms with Crippen LogP contribution in [-0.4, -0.2) is 11.3 Å². The van der Waals surface area contributed by atoms with E-state index in [2.05, 4.69) is 371 Å². The molecule has 0 amide bonds. The fourth-order valence-electron chi connectivity index (χ4n) is 17.7. The second-order valence-corrected chi connectivity index (χ2v) is 37.7. The summed E-state index contributed by atoms with van der Waals surface area (Å²) >= 11 is 0. The lowest BCUT2D eigenvalue weighted by molar-refractivity contribution is 0.332. The van der Waals surface area contributed by atoms with Gasteiger partial charge in [0.05, 0.1) is 16.7 Å². The quantitative estimate of drug-likeness (QED) is 0.147. The Balaban J connectivity index is 0.992. The van der Waals surface area contributed by atoms with Crippen molar-refractivity contribution in [1.82, 2.24) is 4.57 Å². The molecular formula is C98H104BN3. The van der Waals surface area contributed by atoms with E-state index in [4.69, 9.17) is 0 Å². The highest BCUT2D eigenvalue weighted by Gasteiger charge is 2.46.